The zero-order valence-corrected chi connectivity index (χ0v) is 13.5. The minimum atomic E-state index is -4.41. The van der Waals surface area contributed by atoms with Crippen LogP contribution in [0.1, 0.15) is 24.1 Å². The second kappa shape index (κ2) is 8.36. The fourth-order valence-corrected chi connectivity index (χ4v) is 2.01. The number of benzene rings is 1. The van der Waals surface area contributed by atoms with Gasteiger partial charge in [0, 0.05) is 18.8 Å². The Kier molecular flexibility index (Phi) is 6.21. The molecule has 2 N–H and O–H groups in total. The van der Waals surface area contributed by atoms with Gasteiger partial charge in [-0.1, -0.05) is 36.4 Å². The summed E-state index contributed by atoms with van der Waals surface area (Å²) in [4.78, 5) is 15.7. The highest BCUT2D eigenvalue weighted by atomic mass is 19.4. The molecule has 0 aliphatic rings. The molecule has 0 radical (unpaired) electrons. The van der Waals surface area contributed by atoms with Crippen LogP contribution in [0.3, 0.4) is 0 Å². The van der Waals surface area contributed by atoms with E-state index in [-0.39, 0.29) is 24.5 Å². The first-order chi connectivity index (χ1) is 11.8. The van der Waals surface area contributed by atoms with Crippen molar-refractivity contribution < 1.29 is 22.7 Å². The topological polar surface area (TPSA) is 63.2 Å². The number of amides is 2. The van der Waals surface area contributed by atoms with Gasteiger partial charge < -0.3 is 15.4 Å². The van der Waals surface area contributed by atoms with Crippen molar-refractivity contribution in [1.82, 2.24) is 15.6 Å². The van der Waals surface area contributed by atoms with Crippen LogP contribution >= 0.6 is 0 Å². The fourth-order valence-electron chi connectivity index (χ4n) is 2.01. The number of halogens is 3. The van der Waals surface area contributed by atoms with Crippen LogP contribution in [0.2, 0.25) is 0 Å². The van der Waals surface area contributed by atoms with E-state index in [1.54, 1.807) is 6.07 Å². The predicted octanol–water partition coefficient (Wildman–Crippen LogP) is 3.58. The Labute approximate surface area is 143 Å². The van der Waals surface area contributed by atoms with Gasteiger partial charge in [-0.25, -0.2) is 9.78 Å². The average Bonchev–Trinajstić information content (AvgIpc) is 2.59. The van der Waals surface area contributed by atoms with E-state index >= 15 is 0 Å². The summed E-state index contributed by atoms with van der Waals surface area (Å²) in [7, 11) is 0. The number of nitrogens with one attached hydrogen (secondary N) is 2. The van der Waals surface area contributed by atoms with E-state index in [0.717, 1.165) is 5.56 Å². The molecule has 1 aromatic heterocycles. The third-order valence-electron chi connectivity index (χ3n) is 3.28. The predicted molar refractivity (Wildman–Crippen MR) is 86.0 cm³/mol. The van der Waals surface area contributed by atoms with Gasteiger partial charge in [0.05, 0.1) is 6.04 Å². The molecule has 0 bridgehead atoms. The summed E-state index contributed by atoms with van der Waals surface area (Å²) in [5.74, 6) is -0.122. The zero-order chi connectivity index (χ0) is 18.3. The molecule has 0 aliphatic carbocycles. The molecule has 2 amide bonds. The number of aromatic nitrogens is 1. The van der Waals surface area contributed by atoms with Gasteiger partial charge in [-0.05, 0) is 18.1 Å². The molecular weight excluding hydrogens is 335 g/mol. The second-order valence-electron chi connectivity index (χ2n) is 5.37. The Morgan fingerprint density at radius 1 is 1.20 bits per heavy atom. The van der Waals surface area contributed by atoms with Gasteiger partial charge in [0.15, 0.2) is 6.61 Å². The number of nitrogens with zero attached hydrogens (tertiary/aromatic N) is 1. The molecular formula is C17H18F3N3O2. The van der Waals surface area contributed by atoms with Crippen molar-refractivity contribution in [2.24, 2.45) is 0 Å². The summed E-state index contributed by atoms with van der Waals surface area (Å²) in [5, 5.41) is 5.46. The maximum absolute atomic E-state index is 12.0. The molecule has 5 nitrogen and oxygen atoms in total. The molecule has 25 heavy (non-hydrogen) atoms. The minimum absolute atomic E-state index is 0.122. The number of alkyl halides is 3. The molecule has 0 aliphatic heterocycles. The number of carbonyl (C=O) groups is 1. The van der Waals surface area contributed by atoms with Crippen LogP contribution in [0.15, 0.2) is 48.7 Å². The molecule has 1 atom stereocenters. The lowest BCUT2D eigenvalue weighted by Gasteiger charge is -2.15. The first-order valence-electron chi connectivity index (χ1n) is 7.57. The molecule has 0 fully saturated rings. The number of carbonyl (C=O) groups excluding carboxylic acids is 1. The molecule has 0 saturated carbocycles. The van der Waals surface area contributed by atoms with E-state index in [4.69, 9.17) is 0 Å². The molecule has 0 spiro atoms. The number of hydrogen-bond acceptors (Lipinski definition) is 3. The summed E-state index contributed by atoms with van der Waals surface area (Å²) < 4.78 is 40.7. The number of rotatable bonds is 6. The summed E-state index contributed by atoms with van der Waals surface area (Å²) in [6.07, 6.45) is -3.05. The highest BCUT2D eigenvalue weighted by molar-refractivity contribution is 5.74. The molecule has 134 valence electrons. The van der Waals surface area contributed by atoms with Crippen LogP contribution in [-0.4, -0.2) is 23.8 Å². The summed E-state index contributed by atoms with van der Waals surface area (Å²) in [6, 6.07) is 11.9. The molecule has 2 rings (SSSR count). The van der Waals surface area contributed by atoms with E-state index in [9.17, 15) is 18.0 Å². The normalized spacial score (nSPS) is 12.3. The molecule has 1 unspecified atom stereocenters. The van der Waals surface area contributed by atoms with Gasteiger partial charge >= 0.3 is 12.2 Å². The minimum Gasteiger partial charge on any atom is -0.468 e. The lowest BCUT2D eigenvalue weighted by Crippen LogP contribution is -2.36. The SMILES string of the molecule is CC(NC(=O)NCc1ccc(OCC(F)(F)F)nc1)c1ccccc1. The monoisotopic (exact) mass is 353 g/mol. The third kappa shape index (κ3) is 6.70. The maximum Gasteiger partial charge on any atom is 0.422 e. The average molecular weight is 353 g/mol. The Bertz CT molecular complexity index is 676. The smallest absolute Gasteiger partial charge is 0.422 e. The quantitative estimate of drug-likeness (QED) is 0.834. The largest absolute Gasteiger partial charge is 0.468 e. The lowest BCUT2D eigenvalue weighted by atomic mass is 10.1. The van der Waals surface area contributed by atoms with Gasteiger partial charge in [0.2, 0.25) is 5.88 Å². The zero-order valence-electron chi connectivity index (χ0n) is 13.5. The van der Waals surface area contributed by atoms with Crippen LogP contribution in [0.25, 0.3) is 0 Å². The van der Waals surface area contributed by atoms with Crippen molar-refractivity contribution in [2.75, 3.05) is 6.61 Å². The Balaban J connectivity index is 1.78. The van der Waals surface area contributed by atoms with Crippen molar-refractivity contribution in [2.45, 2.75) is 25.7 Å². The summed E-state index contributed by atoms with van der Waals surface area (Å²) in [5.41, 5.74) is 1.62. The van der Waals surface area contributed by atoms with Gasteiger partial charge in [-0.2, -0.15) is 13.2 Å². The second-order valence-corrected chi connectivity index (χ2v) is 5.37. The van der Waals surface area contributed by atoms with Gasteiger partial charge in [-0.15, -0.1) is 0 Å². The van der Waals surface area contributed by atoms with Crippen molar-refractivity contribution in [3.05, 3.63) is 59.8 Å². The van der Waals surface area contributed by atoms with Crippen LogP contribution in [0, 0.1) is 0 Å². The standard InChI is InChI=1S/C17H18F3N3O2/c1-12(14-5-3-2-4-6-14)23-16(24)22-10-13-7-8-15(21-9-13)25-11-17(18,19)20/h2-9,12H,10-11H2,1H3,(H2,22,23,24). The maximum atomic E-state index is 12.0. The molecule has 1 aromatic carbocycles. The molecule has 1 heterocycles. The van der Waals surface area contributed by atoms with E-state index in [1.165, 1.54) is 12.3 Å². The summed E-state index contributed by atoms with van der Waals surface area (Å²) >= 11 is 0. The third-order valence-corrected chi connectivity index (χ3v) is 3.28. The lowest BCUT2D eigenvalue weighted by molar-refractivity contribution is -0.154. The van der Waals surface area contributed by atoms with Crippen LogP contribution in [0.5, 0.6) is 5.88 Å². The molecule has 0 saturated heterocycles. The number of ether oxygens (including phenoxy) is 1. The summed E-state index contributed by atoms with van der Waals surface area (Å²) in [6.45, 7) is 0.667. The highest BCUT2D eigenvalue weighted by Crippen LogP contribution is 2.17. The Morgan fingerprint density at radius 2 is 1.92 bits per heavy atom. The van der Waals surface area contributed by atoms with Gasteiger partial charge in [-0.3, -0.25) is 0 Å². The van der Waals surface area contributed by atoms with Crippen molar-refractivity contribution in [3.63, 3.8) is 0 Å². The van der Waals surface area contributed by atoms with E-state index in [0.29, 0.717) is 5.56 Å². The number of pyridine rings is 1. The van der Waals surface area contributed by atoms with Gasteiger partial charge in [0.1, 0.15) is 0 Å². The van der Waals surface area contributed by atoms with Crippen molar-refractivity contribution in [1.29, 1.82) is 0 Å². The van der Waals surface area contributed by atoms with Crippen molar-refractivity contribution >= 4 is 6.03 Å². The first-order valence-corrected chi connectivity index (χ1v) is 7.57. The number of hydrogen-bond donors (Lipinski definition) is 2. The van der Waals surface area contributed by atoms with E-state index < -0.39 is 12.8 Å². The highest BCUT2D eigenvalue weighted by Gasteiger charge is 2.28. The van der Waals surface area contributed by atoms with Gasteiger partial charge in [0.25, 0.3) is 0 Å². The van der Waals surface area contributed by atoms with Crippen molar-refractivity contribution in [3.8, 4) is 5.88 Å². The Morgan fingerprint density at radius 3 is 2.52 bits per heavy atom. The molecule has 2 aromatic rings. The van der Waals surface area contributed by atoms with E-state index in [2.05, 4.69) is 20.4 Å². The fraction of sp³-hybridized carbons (Fsp3) is 0.294. The van der Waals surface area contributed by atoms with Crippen LogP contribution in [0.4, 0.5) is 18.0 Å². The molecule has 8 heteroatoms. The first kappa shape index (κ1) is 18.6. The Hall–Kier alpha value is -2.77. The van der Waals surface area contributed by atoms with Crippen LogP contribution < -0.4 is 15.4 Å². The van der Waals surface area contributed by atoms with E-state index in [1.807, 2.05) is 37.3 Å². The van der Waals surface area contributed by atoms with Crippen LogP contribution in [-0.2, 0) is 6.54 Å². The number of urea groups is 1.